The van der Waals surface area contributed by atoms with Crippen molar-refractivity contribution in [1.82, 2.24) is 4.98 Å². The molecule has 0 fully saturated rings. The van der Waals surface area contributed by atoms with Crippen LogP contribution < -0.4 is 20.1 Å². The van der Waals surface area contributed by atoms with E-state index in [0.29, 0.717) is 28.6 Å². The SMILES string of the molecule is COc1ccc(NC(=O)c2ccc(Nc3c(C)cc(C)cc3C)nc2)c(OC)c1. The number of ether oxygens (including phenoxy) is 2. The van der Waals surface area contributed by atoms with Crippen molar-refractivity contribution in [2.75, 3.05) is 24.9 Å². The molecule has 3 rings (SSSR count). The Morgan fingerprint density at radius 1 is 0.931 bits per heavy atom. The smallest absolute Gasteiger partial charge is 0.257 e. The normalized spacial score (nSPS) is 10.4. The summed E-state index contributed by atoms with van der Waals surface area (Å²) in [4.78, 5) is 17.0. The van der Waals surface area contributed by atoms with Crippen molar-refractivity contribution in [3.8, 4) is 11.5 Å². The van der Waals surface area contributed by atoms with Crippen LogP contribution in [0.3, 0.4) is 0 Å². The van der Waals surface area contributed by atoms with Crippen molar-refractivity contribution in [1.29, 1.82) is 0 Å². The number of nitrogens with zero attached hydrogens (tertiary/aromatic N) is 1. The summed E-state index contributed by atoms with van der Waals surface area (Å²) in [6.45, 7) is 6.20. The van der Waals surface area contributed by atoms with Crippen LogP contribution in [0.1, 0.15) is 27.0 Å². The third-order valence-electron chi connectivity index (χ3n) is 4.61. The molecule has 0 radical (unpaired) electrons. The van der Waals surface area contributed by atoms with E-state index >= 15 is 0 Å². The first-order chi connectivity index (χ1) is 13.9. The van der Waals surface area contributed by atoms with Gasteiger partial charge in [-0.3, -0.25) is 4.79 Å². The second-order valence-corrected chi connectivity index (χ2v) is 6.85. The van der Waals surface area contributed by atoms with E-state index in [4.69, 9.17) is 9.47 Å². The van der Waals surface area contributed by atoms with E-state index in [-0.39, 0.29) is 5.91 Å². The molecule has 0 saturated carbocycles. The molecule has 1 aromatic heterocycles. The summed E-state index contributed by atoms with van der Waals surface area (Å²) in [5.74, 6) is 1.58. The van der Waals surface area contributed by atoms with Gasteiger partial charge in [-0.15, -0.1) is 0 Å². The van der Waals surface area contributed by atoms with Gasteiger partial charge >= 0.3 is 0 Å². The summed E-state index contributed by atoms with van der Waals surface area (Å²) in [7, 11) is 3.12. The molecular weight excluding hydrogens is 366 g/mol. The lowest BCUT2D eigenvalue weighted by molar-refractivity contribution is 0.102. The highest BCUT2D eigenvalue weighted by Crippen LogP contribution is 2.29. The minimum absolute atomic E-state index is 0.268. The largest absolute Gasteiger partial charge is 0.497 e. The molecule has 29 heavy (non-hydrogen) atoms. The summed E-state index contributed by atoms with van der Waals surface area (Å²) in [6.07, 6.45) is 1.55. The average molecular weight is 391 g/mol. The Bertz CT molecular complexity index is 1010. The van der Waals surface area contributed by atoms with Crippen molar-refractivity contribution >= 4 is 23.1 Å². The number of anilines is 3. The zero-order chi connectivity index (χ0) is 21.0. The Kier molecular flexibility index (Phi) is 6.02. The van der Waals surface area contributed by atoms with E-state index in [1.165, 1.54) is 5.56 Å². The molecule has 0 unspecified atom stereocenters. The van der Waals surface area contributed by atoms with Crippen molar-refractivity contribution in [3.05, 3.63) is 70.9 Å². The lowest BCUT2D eigenvalue weighted by atomic mass is 10.1. The summed E-state index contributed by atoms with van der Waals surface area (Å²) < 4.78 is 10.5. The Balaban J connectivity index is 1.74. The molecule has 2 aromatic carbocycles. The predicted octanol–water partition coefficient (Wildman–Crippen LogP) is 5.02. The number of carbonyl (C=O) groups excluding carboxylic acids is 1. The first-order valence-electron chi connectivity index (χ1n) is 9.25. The van der Waals surface area contributed by atoms with Crippen LogP contribution in [0.4, 0.5) is 17.2 Å². The minimum atomic E-state index is -0.268. The monoisotopic (exact) mass is 391 g/mol. The van der Waals surface area contributed by atoms with Gasteiger partial charge in [0.15, 0.2) is 0 Å². The van der Waals surface area contributed by atoms with Gasteiger partial charge in [-0.2, -0.15) is 0 Å². The number of hydrogen-bond donors (Lipinski definition) is 2. The van der Waals surface area contributed by atoms with Gasteiger partial charge in [0.2, 0.25) is 0 Å². The molecule has 2 N–H and O–H groups in total. The van der Waals surface area contributed by atoms with Gasteiger partial charge in [0, 0.05) is 18.0 Å². The fraction of sp³-hybridized carbons (Fsp3) is 0.217. The number of pyridine rings is 1. The second kappa shape index (κ2) is 8.65. The van der Waals surface area contributed by atoms with Crippen LogP contribution in [0.2, 0.25) is 0 Å². The molecule has 6 nitrogen and oxygen atoms in total. The third kappa shape index (κ3) is 4.66. The molecule has 6 heteroatoms. The van der Waals surface area contributed by atoms with E-state index < -0.39 is 0 Å². The summed E-state index contributed by atoms with van der Waals surface area (Å²) in [5, 5.41) is 6.18. The molecular formula is C23H25N3O3. The van der Waals surface area contributed by atoms with Gasteiger partial charge in [0.05, 0.1) is 25.5 Å². The van der Waals surface area contributed by atoms with Crippen molar-refractivity contribution < 1.29 is 14.3 Å². The lowest BCUT2D eigenvalue weighted by Gasteiger charge is -2.14. The predicted molar refractivity (Wildman–Crippen MR) is 116 cm³/mol. The summed E-state index contributed by atoms with van der Waals surface area (Å²) in [5.41, 5.74) is 5.57. The standard InChI is InChI=1S/C23H25N3O3/c1-14-10-15(2)22(16(3)11-14)26-21-9-6-17(13-24-21)23(27)25-19-8-7-18(28-4)12-20(19)29-5/h6-13H,1-5H3,(H,24,26)(H,25,27). The van der Waals surface area contributed by atoms with Gasteiger partial charge in [0.25, 0.3) is 5.91 Å². The Morgan fingerprint density at radius 3 is 2.24 bits per heavy atom. The molecule has 0 spiro atoms. The van der Waals surface area contributed by atoms with E-state index in [1.54, 1.807) is 50.7 Å². The topological polar surface area (TPSA) is 72.5 Å². The van der Waals surface area contributed by atoms with Gasteiger partial charge in [0.1, 0.15) is 17.3 Å². The lowest BCUT2D eigenvalue weighted by Crippen LogP contribution is -2.13. The number of amides is 1. The second-order valence-electron chi connectivity index (χ2n) is 6.85. The molecule has 0 aliphatic rings. The maximum Gasteiger partial charge on any atom is 0.257 e. The number of aryl methyl sites for hydroxylation is 3. The third-order valence-corrected chi connectivity index (χ3v) is 4.61. The van der Waals surface area contributed by atoms with Crippen molar-refractivity contribution in [2.24, 2.45) is 0 Å². The quantitative estimate of drug-likeness (QED) is 0.617. The Hall–Kier alpha value is -3.54. The Morgan fingerprint density at radius 2 is 1.66 bits per heavy atom. The fourth-order valence-electron chi connectivity index (χ4n) is 3.20. The number of aromatic nitrogens is 1. The molecule has 0 bridgehead atoms. The van der Waals surface area contributed by atoms with E-state index in [9.17, 15) is 4.79 Å². The highest BCUT2D eigenvalue weighted by atomic mass is 16.5. The Labute approximate surface area is 170 Å². The van der Waals surface area contributed by atoms with Crippen LogP contribution >= 0.6 is 0 Å². The van der Waals surface area contributed by atoms with Crippen molar-refractivity contribution in [3.63, 3.8) is 0 Å². The van der Waals surface area contributed by atoms with Gasteiger partial charge in [-0.25, -0.2) is 4.98 Å². The molecule has 1 heterocycles. The van der Waals surface area contributed by atoms with Gasteiger partial charge in [-0.05, 0) is 56.2 Å². The molecule has 0 aliphatic carbocycles. The highest BCUT2D eigenvalue weighted by molar-refractivity contribution is 6.05. The minimum Gasteiger partial charge on any atom is -0.497 e. The molecule has 3 aromatic rings. The van der Waals surface area contributed by atoms with Gasteiger partial charge in [-0.1, -0.05) is 17.7 Å². The van der Waals surface area contributed by atoms with Crippen LogP contribution in [0.5, 0.6) is 11.5 Å². The van der Waals surface area contributed by atoms with Gasteiger partial charge < -0.3 is 20.1 Å². The number of rotatable bonds is 6. The highest BCUT2D eigenvalue weighted by Gasteiger charge is 2.12. The maximum atomic E-state index is 12.6. The van der Waals surface area contributed by atoms with E-state index in [2.05, 4.69) is 48.5 Å². The fourth-order valence-corrected chi connectivity index (χ4v) is 3.20. The van der Waals surface area contributed by atoms with E-state index in [1.807, 2.05) is 0 Å². The first kappa shape index (κ1) is 20.2. The first-order valence-corrected chi connectivity index (χ1v) is 9.25. The zero-order valence-electron chi connectivity index (χ0n) is 17.3. The summed E-state index contributed by atoms with van der Waals surface area (Å²) in [6, 6.07) is 13.0. The maximum absolute atomic E-state index is 12.6. The number of hydrogen-bond acceptors (Lipinski definition) is 5. The van der Waals surface area contributed by atoms with Crippen LogP contribution in [0, 0.1) is 20.8 Å². The van der Waals surface area contributed by atoms with Crippen molar-refractivity contribution in [2.45, 2.75) is 20.8 Å². The molecule has 1 amide bonds. The number of benzene rings is 2. The summed E-state index contributed by atoms with van der Waals surface area (Å²) >= 11 is 0. The average Bonchev–Trinajstić information content (AvgIpc) is 2.71. The van der Waals surface area contributed by atoms with E-state index in [0.717, 1.165) is 16.8 Å². The molecule has 0 atom stereocenters. The number of carbonyl (C=O) groups is 1. The number of nitrogens with one attached hydrogen (secondary N) is 2. The number of methoxy groups -OCH3 is 2. The van der Waals surface area contributed by atoms with Crippen LogP contribution in [0.15, 0.2) is 48.7 Å². The van der Waals surface area contributed by atoms with Crippen LogP contribution in [0.25, 0.3) is 0 Å². The molecule has 0 aliphatic heterocycles. The van der Waals surface area contributed by atoms with Crippen LogP contribution in [-0.2, 0) is 0 Å². The molecule has 0 saturated heterocycles. The molecule has 150 valence electrons. The zero-order valence-corrected chi connectivity index (χ0v) is 17.3. The van der Waals surface area contributed by atoms with Crippen LogP contribution in [-0.4, -0.2) is 25.1 Å².